The fraction of sp³-hybridized carbons (Fsp3) is 0.333. The summed E-state index contributed by atoms with van der Waals surface area (Å²) in [6.45, 7) is 6.19. The summed E-state index contributed by atoms with van der Waals surface area (Å²) >= 11 is 11.9. The summed E-state index contributed by atoms with van der Waals surface area (Å²) in [6, 6.07) is 13.9. The predicted octanol–water partition coefficient (Wildman–Crippen LogP) is 5.16. The molecule has 0 radical (unpaired) electrons. The lowest BCUT2D eigenvalue weighted by atomic mass is 10.1. The number of benzene rings is 2. The SMILES string of the molecule is CCn1c(-c2ccccc2C)nn(CN(C)Cc2cc(Cl)ccc2OC)c1=S. The highest BCUT2D eigenvalue weighted by atomic mass is 35.5. The average Bonchev–Trinajstić information content (AvgIpc) is 2.97. The van der Waals surface area contributed by atoms with Crippen molar-refractivity contribution in [2.24, 2.45) is 0 Å². The molecule has 0 aliphatic heterocycles. The van der Waals surface area contributed by atoms with Crippen LogP contribution in [0, 0.1) is 11.7 Å². The Bertz CT molecular complexity index is 1030. The number of halogens is 1. The van der Waals surface area contributed by atoms with Crippen molar-refractivity contribution in [1.82, 2.24) is 19.2 Å². The topological polar surface area (TPSA) is 35.2 Å². The molecule has 0 saturated heterocycles. The van der Waals surface area contributed by atoms with E-state index in [1.54, 1.807) is 7.11 Å². The molecule has 0 fully saturated rings. The molecule has 2 aromatic carbocycles. The van der Waals surface area contributed by atoms with E-state index >= 15 is 0 Å². The summed E-state index contributed by atoms with van der Waals surface area (Å²) in [5, 5.41) is 5.52. The number of hydrogen-bond acceptors (Lipinski definition) is 4. The van der Waals surface area contributed by atoms with E-state index in [-0.39, 0.29) is 0 Å². The van der Waals surface area contributed by atoms with Crippen LogP contribution in [0.5, 0.6) is 5.75 Å². The first kappa shape index (κ1) is 20.6. The predicted molar refractivity (Wildman–Crippen MR) is 116 cm³/mol. The van der Waals surface area contributed by atoms with E-state index in [0.29, 0.717) is 23.0 Å². The van der Waals surface area contributed by atoms with E-state index in [4.69, 9.17) is 33.7 Å². The van der Waals surface area contributed by atoms with Gasteiger partial charge >= 0.3 is 0 Å². The summed E-state index contributed by atoms with van der Waals surface area (Å²) in [4.78, 5) is 2.14. The molecule has 0 atom stereocenters. The Labute approximate surface area is 176 Å². The van der Waals surface area contributed by atoms with E-state index in [1.807, 2.05) is 42.1 Å². The minimum absolute atomic E-state index is 0.570. The van der Waals surface area contributed by atoms with Crippen molar-refractivity contribution in [3.8, 4) is 17.1 Å². The average molecular weight is 417 g/mol. The van der Waals surface area contributed by atoms with Gasteiger partial charge in [-0.25, -0.2) is 4.68 Å². The highest BCUT2D eigenvalue weighted by molar-refractivity contribution is 7.71. The standard InChI is InChI=1S/C21H25ClN4OS/c1-5-25-20(18-9-7-6-8-15(18)2)23-26(21(25)28)14-24(3)13-16-12-17(22)10-11-19(16)27-4/h6-12H,5,13-14H2,1-4H3. The number of methoxy groups -OCH3 is 1. The third-order valence-corrected chi connectivity index (χ3v) is 5.35. The number of nitrogens with zero attached hydrogens (tertiary/aromatic N) is 4. The largest absolute Gasteiger partial charge is 0.496 e. The van der Waals surface area contributed by atoms with Gasteiger partial charge in [0.05, 0.1) is 13.8 Å². The molecule has 0 unspecified atom stereocenters. The lowest BCUT2D eigenvalue weighted by molar-refractivity contribution is 0.240. The molecule has 3 aromatic rings. The van der Waals surface area contributed by atoms with Crippen LogP contribution in [-0.4, -0.2) is 33.4 Å². The Kier molecular flexibility index (Phi) is 6.54. The third-order valence-electron chi connectivity index (χ3n) is 4.68. The van der Waals surface area contributed by atoms with Gasteiger partial charge in [0, 0.05) is 29.2 Å². The first-order valence-electron chi connectivity index (χ1n) is 9.19. The maximum absolute atomic E-state index is 6.16. The molecule has 0 aliphatic rings. The molecule has 0 N–H and O–H groups in total. The van der Waals surface area contributed by atoms with Crippen molar-refractivity contribution in [3.05, 3.63) is 63.4 Å². The monoisotopic (exact) mass is 416 g/mol. The molecule has 0 aliphatic carbocycles. The van der Waals surface area contributed by atoms with Crippen LogP contribution in [0.3, 0.4) is 0 Å². The maximum Gasteiger partial charge on any atom is 0.199 e. The highest BCUT2D eigenvalue weighted by Crippen LogP contribution is 2.25. The lowest BCUT2D eigenvalue weighted by Crippen LogP contribution is -2.23. The van der Waals surface area contributed by atoms with Gasteiger partial charge in [0.2, 0.25) is 0 Å². The number of aromatic nitrogens is 3. The Morgan fingerprint density at radius 2 is 1.96 bits per heavy atom. The maximum atomic E-state index is 6.16. The molecule has 1 heterocycles. The molecule has 0 bridgehead atoms. The Morgan fingerprint density at radius 1 is 1.21 bits per heavy atom. The second-order valence-corrected chi connectivity index (χ2v) is 7.58. The third kappa shape index (κ3) is 4.29. The first-order chi connectivity index (χ1) is 13.4. The Hall–Kier alpha value is -2.15. The van der Waals surface area contributed by atoms with Gasteiger partial charge in [0.25, 0.3) is 0 Å². The zero-order valence-corrected chi connectivity index (χ0v) is 18.2. The molecule has 0 saturated carbocycles. The summed E-state index contributed by atoms with van der Waals surface area (Å²) in [5.74, 6) is 1.72. The molecule has 3 rings (SSSR count). The van der Waals surface area contributed by atoms with E-state index in [1.165, 1.54) is 5.56 Å². The number of ether oxygens (including phenoxy) is 1. The molecule has 5 nitrogen and oxygen atoms in total. The van der Waals surface area contributed by atoms with E-state index in [0.717, 1.165) is 29.2 Å². The second kappa shape index (κ2) is 8.90. The van der Waals surface area contributed by atoms with Crippen LogP contribution < -0.4 is 4.74 Å². The molecule has 7 heteroatoms. The van der Waals surface area contributed by atoms with Crippen LogP contribution in [-0.2, 0) is 19.8 Å². The van der Waals surface area contributed by atoms with Gasteiger partial charge in [-0.2, -0.15) is 5.10 Å². The van der Waals surface area contributed by atoms with Crippen LogP contribution in [0.15, 0.2) is 42.5 Å². The smallest absolute Gasteiger partial charge is 0.199 e. The number of rotatable bonds is 7. The molecule has 0 spiro atoms. The molecular formula is C21H25ClN4OS. The van der Waals surface area contributed by atoms with Crippen LogP contribution in [0.25, 0.3) is 11.4 Å². The summed E-state index contributed by atoms with van der Waals surface area (Å²) < 4.78 is 10.1. The van der Waals surface area contributed by atoms with E-state index in [9.17, 15) is 0 Å². The van der Waals surface area contributed by atoms with Crippen molar-refractivity contribution in [2.75, 3.05) is 14.2 Å². The quantitative estimate of drug-likeness (QED) is 0.498. The molecule has 0 amide bonds. The van der Waals surface area contributed by atoms with E-state index in [2.05, 4.69) is 35.4 Å². The van der Waals surface area contributed by atoms with Crippen molar-refractivity contribution < 1.29 is 4.74 Å². The number of aryl methyl sites for hydroxylation is 1. The van der Waals surface area contributed by atoms with Gasteiger partial charge in [-0.1, -0.05) is 35.9 Å². The van der Waals surface area contributed by atoms with Gasteiger partial charge in [-0.3, -0.25) is 4.90 Å². The first-order valence-corrected chi connectivity index (χ1v) is 9.97. The Balaban J connectivity index is 1.88. The van der Waals surface area contributed by atoms with Crippen molar-refractivity contribution in [3.63, 3.8) is 0 Å². The fourth-order valence-corrected chi connectivity index (χ4v) is 3.79. The summed E-state index contributed by atoms with van der Waals surface area (Å²) in [5.41, 5.74) is 3.31. The van der Waals surface area contributed by atoms with E-state index < -0.39 is 0 Å². The summed E-state index contributed by atoms with van der Waals surface area (Å²) in [7, 11) is 3.70. The second-order valence-electron chi connectivity index (χ2n) is 6.78. The number of hydrogen-bond donors (Lipinski definition) is 0. The van der Waals surface area contributed by atoms with Crippen LogP contribution in [0.4, 0.5) is 0 Å². The molecule has 1 aromatic heterocycles. The molecule has 148 valence electrons. The van der Waals surface area contributed by atoms with Gasteiger partial charge in [0.15, 0.2) is 10.6 Å². The minimum atomic E-state index is 0.570. The van der Waals surface area contributed by atoms with Crippen LogP contribution in [0.2, 0.25) is 5.02 Å². The normalized spacial score (nSPS) is 11.2. The summed E-state index contributed by atoms with van der Waals surface area (Å²) in [6.07, 6.45) is 0. The van der Waals surface area contributed by atoms with Crippen molar-refractivity contribution >= 4 is 23.8 Å². The highest BCUT2D eigenvalue weighted by Gasteiger charge is 2.15. The van der Waals surface area contributed by atoms with Gasteiger partial charge in [-0.05, 0) is 56.9 Å². The van der Waals surface area contributed by atoms with Gasteiger partial charge in [0.1, 0.15) is 5.75 Å². The Morgan fingerprint density at radius 3 is 2.64 bits per heavy atom. The van der Waals surface area contributed by atoms with Crippen LogP contribution >= 0.6 is 23.8 Å². The fourth-order valence-electron chi connectivity index (χ4n) is 3.28. The molecule has 28 heavy (non-hydrogen) atoms. The zero-order valence-electron chi connectivity index (χ0n) is 16.6. The van der Waals surface area contributed by atoms with Crippen molar-refractivity contribution in [1.29, 1.82) is 0 Å². The minimum Gasteiger partial charge on any atom is -0.496 e. The lowest BCUT2D eigenvalue weighted by Gasteiger charge is -2.18. The molecular weight excluding hydrogens is 392 g/mol. The van der Waals surface area contributed by atoms with Gasteiger partial charge in [-0.15, -0.1) is 0 Å². The zero-order chi connectivity index (χ0) is 20.3. The van der Waals surface area contributed by atoms with Crippen LogP contribution in [0.1, 0.15) is 18.1 Å². The van der Waals surface area contributed by atoms with Crippen molar-refractivity contribution in [2.45, 2.75) is 33.6 Å². The van der Waals surface area contributed by atoms with Gasteiger partial charge < -0.3 is 9.30 Å².